The summed E-state index contributed by atoms with van der Waals surface area (Å²) in [5, 5.41) is 2.79. The number of anilines is 2. The summed E-state index contributed by atoms with van der Waals surface area (Å²) in [6.45, 7) is 4.75. The minimum Gasteiger partial charge on any atom is -0.494 e. The summed E-state index contributed by atoms with van der Waals surface area (Å²) >= 11 is 0. The molecule has 31 heavy (non-hydrogen) atoms. The summed E-state index contributed by atoms with van der Waals surface area (Å²) < 4.78 is 33.0. The molecule has 0 spiro atoms. The molecule has 1 amide bonds. The van der Waals surface area contributed by atoms with E-state index in [9.17, 15) is 13.2 Å². The molecule has 0 heterocycles. The smallest absolute Gasteiger partial charge is 0.264 e. The van der Waals surface area contributed by atoms with Gasteiger partial charge in [0.15, 0.2) is 0 Å². The quantitative estimate of drug-likeness (QED) is 0.513. The van der Waals surface area contributed by atoms with Crippen LogP contribution >= 0.6 is 0 Å². The summed E-state index contributed by atoms with van der Waals surface area (Å²) in [7, 11) is -3.71. The largest absolute Gasteiger partial charge is 0.494 e. The summed E-state index contributed by atoms with van der Waals surface area (Å²) in [4.78, 5) is 12.6. The van der Waals surface area contributed by atoms with Crippen molar-refractivity contribution >= 4 is 27.3 Å². The number of nitrogens with one attached hydrogen (secondary N) is 1. The maximum atomic E-state index is 13.1. The van der Waals surface area contributed by atoms with Crippen LogP contribution in [-0.2, 0) is 10.0 Å². The minimum absolute atomic E-state index is 0.161. The second-order valence-electron chi connectivity index (χ2n) is 6.86. The summed E-state index contributed by atoms with van der Waals surface area (Å²) in [5.74, 6) is 0.434. The molecule has 0 bridgehead atoms. The third-order valence-corrected chi connectivity index (χ3v) is 6.54. The van der Waals surface area contributed by atoms with E-state index in [1.807, 2.05) is 13.0 Å². The minimum atomic E-state index is -3.71. The lowest BCUT2D eigenvalue weighted by Crippen LogP contribution is -2.30. The van der Waals surface area contributed by atoms with Gasteiger partial charge in [-0.15, -0.1) is 0 Å². The number of para-hydroxylation sites is 1. The molecule has 0 aliphatic heterocycles. The highest BCUT2D eigenvalue weighted by molar-refractivity contribution is 7.92. The first-order valence-electron chi connectivity index (χ1n) is 10.2. The zero-order valence-electron chi connectivity index (χ0n) is 17.6. The highest BCUT2D eigenvalue weighted by atomic mass is 32.2. The first-order valence-corrected chi connectivity index (χ1v) is 11.6. The monoisotopic (exact) mass is 438 g/mol. The molecule has 0 aliphatic carbocycles. The Morgan fingerprint density at radius 3 is 2.13 bits per heavy atom. The van der Waals surface area contributed by atoms with Crippen molar-refractivity contribution in [1.29, 1.82) is 0 Å². The van der Waals surface area contributed by atoms with Crippen LogP contribution in [0.3, 0.4) is 0 Å². The van der Waals surface area contributed by atoms with Crippen molar-refractivity contribution in [1.82, 2.24) is 0 Å². The molecule has 1 N–H and O–H groups in total. The van der Waals surface area contributed by atoms with E-state index in [0.29, 0.717) is 35.8 Å². The average Bonchev–Trinajstić information content (AvgIpc) is 2.79. The maximum Gasteiger partial charge on any atom is 0.264 e. The van der Waals surface area contributed by atoms with Crippen LogP contribution < -0.4 is 14.4 Å². The first kappa shape index (κ1) is 22.4. The van der Waals surface area contributed by atoms with Crippen LogP contribution in [0.2, 0.25) is 0 Å². The predicted molar refractivity (Wildman–Crippen MR) is 123 cm³/mol. The summed E-state index contributed by atoms with van der Waals surface area (Å²) in [6.07, 6.45) is 0.912. The fourth-order valence-corrected chi connectivity index (χ4v) is 4.52. The molecule has 0 saturated carbocycles. The average molecular weight is 439 g/mol. The topological polar surface area (TPSA) is 75.7 Å². The lowest BCUT2D eigenvalue weighted by Gasteiger charge is -2.23. The second-order valence-corrected chi connectivity index (χ2v) is 8.72. The molecule has 3 aromatic carbocycles. The van der Waals surface area contributed by atoms with Crippen molar-refractivity contribution in [3.8, 4) is 5.75 Å². The van der Waals surface area contributed by atoms with E-state index in [1.165, 1.54) is 16.4 Å². The van der Waals surface area contributed by atoms with Crippen LogP contribution in [0.5, 0.6) is 5.75 Å². The van der Waals surface area contributed by atoms with Crippen molar-refractivity contribution in [2.45, 2.75) is 25.2 Å². The molecule has 7 heteroatoms. The van der Waals surface area contributed by atoms with E-state index >= 15 is 0 Å². The predicted octanol–water partition coefficient (Wildman–Crippen LogP) is 4.94. The number of nitrogens with zero attached hydrogens (tertiary/aromatic N) is 1. The van der Waals surface area contributed by atoms with Crippen LogP contribution in [-0.4, -0.2) is 27.5 Å². The molecule has 162 valence electrons. The Bertz CT molecular complexity index is 1100. The standard InChI is InChI=1S/C24H26N2O4S/c1-3-18-30-22-14-10-19(11-15-22)24(27)25-20-12-16-23(17-13-20)31(28,29)26(4-2)21-8-6-5-7-9-21/h5-17H,3-4,18H2,1-2H3,(H,25,27). The van der Waals surface area contributed by atoms with Crippen LogP contribution in [0.25, 0.3) is 0 Å². The SMILES string of the molecule is CCCOc1ccc(C(=O)Nc2ccc(S(=O)(=O)N(CC)c3ccccc3)cc2)cc1. The van der Waals surface area contributed by atoms with E-state index in [2.05, 4.69) is 5.32 Å². The molecule has 3 aromatic rings. The number of amides is 1. The third-order valence-electron chi connectivity index (χ3n) is 4.62. The van der Waals surface area contributed by atoms with Gasteiger partial charge in [0.05, 0.1) is 17.2 Å². The molecule has 0 saturated heterocycles. The Kier molecular flexibility index (Phi) is 7.31. The molecule has 0 aliphatic rings. The Hall–Kier alpha value is -3.32. The Labute approximate surface area is 183 Å². The van der Waals surface area contributed by atoms with Crippen LogP contribution in [0.4, 0.5) is 11.4 Å². The van der Waals surface area contributed by atoms with Gasteiger partial charge < -0.3 is 10.1 Å². The summed E-state index contributed by atoms with van der Waals surface area (Å²) in [5.41, 5.74) is 1.61. The van der Waals surface area contributed by atoms with Crippen molar-refractivity contribution in [2.24, 2.45) is 0 Å². The van der Waals surface area contributed by atoms with E-state index in [0.717, 1.165) is 6.42 Å². The molecule has 0 fully saturated rings. The van der Waals surface area contributed by atoms with Gasteiger partial charge in [0, 0.05) is 17.8 Å². The Balaban J connectivity index is 1.71. The van der Waals surface area contributed by atoms with Gasteiger partial charge >= 0.3 is 0 Å². The second kappa shape index (κ2) is 10.1. The summed E-state index contributed by atoms with van der Waals surface area (Å²) in [6, 6.07) is 22.0. The van der Waals surface area contributed by atoms with Gasteiger partial charge in [0.25, 0.3) is 15.9 Å². The van der Waals surface area contributed by atoms with Gasteiger partial charge in [-0.25, -0.2) is 8.42 Å². The molecule has 0 radical (unpaired) electrons. The number of hydrogen-bond acceptors (Lipinski definition) is 4. The highest BCUT2D eigenvalue weighted by Gasteiger charge is 2.23. The normalized spacial score (nSPS) is 11.0. The third kappa shape index (κ3) is 5.44. The zero-order valence-corrected chi connectivity index (χ0v) is 18.4. The van der Waals surface area contributed by atoms with Crippen molar-refractivity contribution in [3.05, 3.63) is 84.4 Å². The molecule has 6 nitrogen and oxygen atoms in total. The number of hydrogen-bond donors (Lipinski definition) is 1. The van der Waals surface area contributed by atoms with E-state index in [1.54, 1.807) is 67.6 Å². The Morgan fingerprint density at radius 2 is 1.55 bits per heavy atom. The Morgan fingerprint density at radius 1 is 0.903 bits per heavy atom. The molecule has 0 aromatic heterocycles. The first-order chi connectivity index (χ1) is 15.0. The van der Waals surface area contributed by atoms with Gasteiger partial charge in [-0.1, -0.05) is 25.1 Å². The van der Waals surface area contributed by atoms with Crippen LogP contribution in [0, 0.1) is 0 Å². The van der Waals surface area contributed by atoms with E-state index in [-0.39, 0.29) is 10.8 Å². The van der Waals surface area contributed by atoms with Crippen molar-refractivity contribution in [2.75, 3.05) is 22.8 Å². The number of rotatable bonds is 9. The fraction of sp³-hybridized carbons (Fsp3) is 0.208. The van der Waals surface area contributed by atoms with Gasteiger partial charge in [-0.05, 0) is 74.0 Å². The molecular weight excluding hydrogens is 412 g/mol. The lowest BCUT2D eigenvalue weighted by atomic mass is 10.2. The van der Waals surface area contributed by atoms with Gasteiger partial charge in [0.2, 0.25) is 0 Å². The van der Waals surface area contributed by atoms with Crippen molar-refractivity contribution in [3.63, 3.8) is 0 Å². The lowest BCUT2D eigenvalue weighted by molar-refractivity contribution is 0.102. The number of carbonyl (C=O) groups excluding carboxylic acids is 1. The van der Waals surface area contributed by atoms with E-state index in [4.69, 9.17) is 4.74 Å². The van der Waals surface area contributed by atoms with Crippen molar-refractivity contribution < 1.29 is 17.9 Å². The number of benzene rings is 3. The molecular formula is C24H26N2O4S. The number of ether oxygens (including phenoxy) is 1. The zero-order chi connectivity index (χ0) is 22.3. The van der Waals surface area contributed by atoms with E-state index < -0.39 is 10.0 Å². The highest BCUT2D eigenvalue weighted by Crippen LogP contribution is 2.24. The number of sulfonamides is 1. The molecule has 0 unspecified atom stereocenters. The molecule has 3 rings (SSSR count). The van der Waals surface area contributed by atoms with Gasteiger partial charge in [-0.3, -0.25) is 9.10 Å². The fourth-order valence-electron chi connectivity index (χ4n) is 3.05. The van der Waals surface area contributed by atoms with Gasteiger partial charge in [-0.2, -0.15) is 0 Å². The maximum absolute atomic E-state index is 13.1. The van der Waals surface area contributed by atoms with Crippen LogP contribution in [0.15, 0.2) is 83.8 Å². The number of carbonyl (C=O) groups is 1. The molecule has 0 atom stereocenters. The van der Waals surface area contributed by atoms with Gasteiger partial charge in [0.1, 0.15) is 5.75 Å². The van der Waals surface area contributed by atoms with Crippen LogP contribution in [0.1, 0.15) is 30.6 Å².